The summed E-state index contributed by atoms with van der Waals surface area (Å²) in [5, 5.41) is 3.42. The van der Waals surface area contributed by atoms with E-state index in [-0.39, 0.29) is 0 Å². The molecule has 2 rings (SSSR count). The fourth-order valence-corrected chi connectivity index (χ4v) is 1.89. The van der Waals surface area contributed by atoms with Crippen LogP contribution in [0.15, 0.2) is 22.8 Å². The zero-order valence-corrected chi connectivity index (χ0v) is 9.70. The van der Waals surface area contributed by atoms with Crippen LogP contribution < -0.4 is 5.32 Å². The van der Waals surface area contributed by atoms with E-state index in [0.29, 0.717) is 12.5 Å². The molecule has 0 saturated carbocycles. The highest BCUT2D eigenvalue weighted by Gasteiger charge is 2.13. The number of hydrogen-bond acceptors (Lipinski definition) is 3. The van der Waals surface area contributed by atoms with E-state index in [1.165, 1.54) is 0 Å². The second-order valence-corrected chi connectivity index (χ2v) is 4.20. The van der Waals surface area contributed by atoms with Gasteiger partial charge >= 0.3 is 0 Å². The van der Waals surface area contributed by atoms with Gasteiger partial charge < -0.3 is 9.73 Å². The van der Waals surface area contributed by atoms with Crippen LogP contribution in [0.1, 0.15) is 12.7 Å². The lowest BCUT2D eigenvalue weighted by Gasteiger charge is -2.30. The van der Waals surface area contributed by atoms with Gasteiger partial charge in [-0.25, -0.2) is 0 Å². The number of rotatable bonds is 2. The molecule has 2 heterocycles. The van der Waals surface area contributed by atoms with Crippen molar-refractivity contribution in [2.75, 3.05) is 26.2 Å². The first kappa shape index (κ1) is 11.3. The number of nitrogens with zero attached hydrogens (tertiary/aromatic N) is 1. The third-order valence-electron chi connectivity index (χ3n) is 2.72. The average molecular weight is 218 g/mol. The minimum absolute atomic E-state index is 0.584. The van der Waals surface area contributed by atoms with E-state index in [4.69, 9.17) is 4.42 Å². The van der Waals surface area contributed by atoms with Crippen molar-refractivity contribution in [1.82, 2.24) is 10.2 Å². The maximum atomic E-state index is 5.22. The van der Waals surface area contributed by atoms with Gasteiger partial charge in [0.2, 0.25) is 0 Å². The number of furan rings is 1. The molecule has 0 radical (unpaired) electrons. The summed E-state index contributed by atoms with van der Waals surface area (Å²) in [6.45, 7) is 6.34. The second-order valence-electron chi connectivity index (χ2n) is 4.20. The predicted octanol–water partition coefficient (Wildman–Crippen LogP) is 1.12. The smallest absolute Gasteiger partial charge is 0.115 e. The lowest BCUT2D eigenvalue weighted by atomic mass is 10.2. The summed E-state index contributed by atoms with van der Waals surface area (Å²) in [7, 11) is 0. The molecule has 86 valence electrons. The van der Waals surface area contributed by atoms with Crippen LogP contribution >= 0.6 is 0 Å². The highest BCUT2D eigenvalue weighted by atomic mass is 16.3. The zero-order valence-electron chi connectivity index (χ0n) is 9.70. The molecule has 3 heteroatoms. The molecular formula is C13H18N2O. The van der Waals surface area contributed by atoms with Gasteiger partial charge in [-0.1, -0.05) is 11.8 Å². The summed E-state index contributed by atoms with van der Waals surface area (Å²) >= 11 is 0. The summed E-state index contributed by atoms with van der Waals surface area (Å²) in [6.07, 6.45) is 2.41. The van der Waals surface area contributed by atoms with Crippen molar-refractivity contribution in [3.8, 4) is 11.8 Å². The Labute approximate surface area is 96.8 Å². The molecule has 1 aromatic heterocycles. The van der Waals surface area contributed by atoms with Gasteiger partial charge in [-0.2, -0.15) is 0 Å². The first-order valence-electron chi connectivity index (χ1n) is 5.78. The molecule has 16 heavy (non-hydrogen) atoms. The minimum Gasteiger partial charge on any atom is -0.468 e. The first-order valence-corrected chi connectivity index (χ1v) is 5.78. The van der Waals surface area contributed by atoms with Crippen molar-refractivity contribution in [3.05, 3.63) is 24.2 Å². The lowest BCUT2D eigenvalue weighted by Crippen LogP contribution is -2.49. The molecule has 0 spiro atoms. The predicted molar refractivity (Wildman–Crippen MR) is 64.1 cm³/mol. The Bertz CT molecular complexity index is 361. The largest absolute Gasteiger partial charge is 0.468 e. The minimum atomic E-state index is 0.584. The van der Waals surface area contributed by atoms with Gasteiger partial charge in [0.05, 0.1) is 19.2 Å². The average Bonchev–Trinajstić information content (AvgIpc) is 2.77. The number of nitrogens with one attached hydrogen (secondary N) is 1. The summed E-state index contributed by atoms with van der Waals surface area (Å²) in [4.78, 5) is 2.39. The number of piperazine rings is 1. The van der Waals surface area contributed by atoms with Crippen molar-refractivity contribution < 1.29 is 4.42 Å². The van der Waals surface area contributed by atoms with Crippen LogP contribution in [0.2, 0.25) is 0 Å². The van der Waals surface area contributed by atoms with Gasteiger partial charge in [0, 0.05) is 25.7 Å². The molecule has 0 bridgehead atoms. The molecule has 0 amide bonds. The normalized spacial score (nSPS) is 21.4. The third-order valence-corrected chi connectivity index (χ3v) is 2.72. The van der Waals surface area contributed by atoms with Gasteiger partial charge in [0.1, 0.15) is 5.76 Å². The van der Waals surface area contributed by atoms with Gasteiger partial charge in [-0.05, 0) is 19.1 Å². The Morgan fingerprint density at radius 1 is 1.56 bits per heavy atom. The highest BCUT2D eigenvalue weighted by Crippen LogP contribution is 2.00. The van der Waals surface area contributed by atoms with Gasteiger partial charge in [-0.3, -0.25) is 4.90 Å². The van der Waals surface area contributed by atoms with Crippen LogP contribution in [0.25, 0.3) is 0 Å². The summed E-state index contributed by atoms with van der Waals surface area (Å²) < 4.78 is 5.22. The topological polar surface area (TPSA) is 28.4 Å². The molecule has 1 unspecified atom stereocenters. The van der Waals surface area contributed by atoms with Crippen LogP contribution in [0.4, 0.5) is 0 Å². The zero-order chi connectivity index (χ0) is 11.2. The Hall–Kier alpha value is -1.24. The van der Waals surface area contributed by atoms with Crippen molar-refractivity contribution in [3.63, 3.8) is 0 Å². The van der Waals surface area contributed by atoms with Crippen molar-refractivity contribution in [2.45, 2.75) is 19.4 Å². The standard InChI is InChI=1S/C13H18N2O/c1-12-11-15(9-7-14-12)8-3-2-5-13-6-4-10-16-13/h4,6,10,12,14H,5,7-9,11H2,1H3. The highest BCUT2D eigenvalue weighted by molar-refractivity contribution is 5.11. The van der Waals surface area contributed by atoms with Crippen LogP contribution in [-0.4, -0.2) is 37.1 Å². The van der Waals surface area contributed by atoms with Crippen molar-refractivity contribution >= 4 is 0 Å². The molecule has 0 aliphatic carbocycles. The van der Waals surface area contributed by atoms with E-state index in [2.05, 4.69) is 29.0 Å². The lowest BCUT2D eigenvalue weighted by molar-refractivity contribution is 0.229. The Kier molecular flexibility index (Phi) is 4.03. The van der Waals surface area contributed by atoms with Crippen molar-refractivity contribution in [2.24, 2.45) is 0 Å². The van der Waals surface area contributed by atoms with Gasteiger partial charge in [0.25, 0.3) is 0 Å². The van der Waals surface area contributed by atoms with E-state index < -0.39 is 0 Å². The SMILES string of the molecule is CC1CN(CC#CCc2ccco2)CCN1. The Morgan fingerprint density at radius 3 is 3.25 bits per heavy atom. The first-order chi connectivity index (χ1) is 7.84. The van der Waals surface area contributed by atoms with Crippen molar-refractivity contribution in [1.29, 1.82) is 0 Å². The summed E-state index contributed by atoms with van der Waals surface area (Å²) in [6, 6.07) is 4.44. The summed E-state index contributed by atoms with van der Waals surface area (Å²) in [5.41, 5.74) is 0. The molecule has 1 N–H and O–H groups in total. The van der Waals surface area contributed by atoms with Crippen LogP contribution in [0.5, 0.6) is 0 Å². The maximum absolute atomic E-state index is 5.22. The van der Waals surface area contributed by atoms with Crippen LogP contribution in [-0.2, 0) is 6.42 Å². The monoisotopic (exact) mass is 218 g/mol. The van der Waals surface area contributed by atoms with Crippen LogP contribution in [0, 0.1) is 11.8 Å². The van der Waals surface area contributed by atoms with Crippen LogP contribution in [0.3, 0.4) is 0 Å². The van der Waals surface area contributed by atoms with E-state index in [0.717, 1.165) is 31.9 Å². The molecule has 1 aromatic rings. The molecular weight excluding hydrogens is 200 g/mol. The molecule has 1 atom stereocenters. The number of hydrogen-bond donors (Lipinski definition) is 1. The Morgan fingerprint density at radius 2 is 2.50 bits per heavy atom. The van der Waals surface area contributed by atoms with Gasteiger partial charge in [0.15, 0.2) is 0 Å². The molecule has 3 nitrogen and oxygen atoms in total. The second kappa shape index (κ2) is 5.74. The molecule has 1 fully saturated rings. The molecule has 1 saturated heterocycles. The molecule has 1 aliphatic heterocycles. The van der Waals surface area contributed by atoms with E-state index in [9.17, 15) is 0 Å². The molecule has 0 aromatic carbocycles. The van der Waals surface area contributed by atoms with Gasteiger partial charge in [-0.15, -0.1) is 0 Å². The third kappa shape index (κ3) is 3.41. The fraction of sp³-hybridized carbons (Fsp3) is 0.538. The van der Waals surface area contributed by atoms with E-state index >= 15 is 0 Å². The maximum Gasteiger partial charge on any atom is 0.115 e. The van der Waals surface area contributed by atoms with E-state index in [1.54, 1.807) is 6.26 Å². The fourth-order valence-electron chi connectivity index (χ4n) is 1.89. The Balaban J connectivity index is 1.72. The molecule has 1 aliphatic rings. The summed E-state index contributed by atoms with van der Waals surface area (Å²) in [5.74, 6) is 7.29. The quantitative estimate of drug-likeness (QED) is 0.754. The van der Waals surface area contributed by atoms with E-state index in [1.807, 2.05) is 12.1 Å².